The molecule has 0 spiro atoms. The Morgan fingerprint density at radius 2 is 2.23 bits per heavy atom. The minimum atomic E-state index is -2.29. The molecule has 2 nitrogen and oxygen atoms in total. The van der Waals surface area contributed by atoms with Crippen LogP contribution in [-0.2, 0) is 6.54 Å². The minimum absolute atomic E-state index is 0.270. The van der Waals surface area contributed by atoms with Gasteiger partial charge in [0.2, 0.25) is 0 Å². The molecule has 0 saturated carbocycles. The number of hydrogen-bond donors (Lipinski definition) is 1. The molecule has 72 valence electrons. The molecule has 1 heterocycles. The Hall–Kier alpha value is -1.03. The first-order chi connectivity index (χ1) is 6.18. The van der Waals surface area contributed by atoms with Crippen molar-refractivity contribution in [1.29, 1.82) is 0 Å². The Morgan fingerprint density at radius 3 is 2.77 bits per heavy atom. The topological polar surface area (TPSA) is 24.9 Å². The predicted octanol–water partition coefficient (Wildman–Crippen LogP) is 1.74. The lowest BCUT2D eigenvalue weighted by Crippen LogP contribution is -2.20. The van der Waals surface area contributed by atoms with Crippen molar-refractivity contribution in [1.82, 2.24) is 10.3 Å². The molecular weight excluding hydrogens is 174 g/mol. The summed E-state index contributed by atoms with van der Waals surface area (Å²) < 4.78 is 23.4. The van der Waals surface area contributed by atoms with Gasteiger partial charge in [0.15, 0.2) is 0 Å². The number of alkyl halides is 2. The van der Waals surface area contributed by atoms with E-state index in [0.717, 1.165) is 11.3 Å². The summed E-state index contributed by atoms with van der Waals surface area (Å²) in [4.78, 5) is 4.05. The zero-order chi connectivity index (χ0) is 9.68. The molecule has 0 bridgehead atoms. The van der Waals surface area contributed by atoms with E-state index in [2.05, 4.69) is 10.3 Å². The van der Waals surface area contributed by atoms with Gasteiger partial charge in [0.25, 0.3) is 6.43 Å². The molecule has 4 heteroatoms. The highest BCUT2D eigenvalue weighted by atomic mass is 19.3. The van der Waals surface area contributed by atoms with Gasteiger partial charge in [-0.05, 0) is 18.6 Å². The SMILES string of the molecule is Cc1ccc(CNCC(F)F)cn1. The molecule has 0 aromatic carbocycles. The summed E-state index contributed by atoms with van der Waals surface area (Å²) in [5, 5.41) is 2.63. The Balaban J connectivity index is 2.33. The Labute approximate surface area is 76.0 Å². The highest BCUT2D eigenvalue weighted by molar-refractivity contribution is 5.12. The lowest BCUT2D eigenvalue weighted by Gasteiger charge is -2.03. The van der Waals surface area contributed by atoms with Gasteiger partial charge in [-0.3, -0.25) is 4.98 Å². The maximum atomic E-state index is 11.7. The first kappa shape index (κ1) is 10.1. The van der Waals surface area contributed by atoms with Crippen LogP contribution >= 0.6 is 0 Å². The fraction of sp³-hybridized carbons (Fsp3) is 0.444. The number of nitrogens with one attached hydrogen (secondary N) is 1. The zero-order valence-corrected chi connectivity index (χ0v) is 7.43. The number of pyridine rings is 1. The standard InChI is InChI=1S/C9H12F2N2/c1-7-2-3-8(5-13-7)4-12-6-9(10)11/h2-3,5,9,12H,4,6H2,1H3. The van der Waals surface area contributed by atoms with Gasteiger partial charge in [0.1, 0.15) is 0 Å². The van der Waals surface area contributed by atoms with Crippen LogP contribution < -0.4 is 5.32 Å². The highest BCUT2D eigenvalue weighted by Gasteiger charge is 2.00. The van der Waals surface area contributed by atoms with Gasteiger partial charge in [0.05, 0.1) is 6.54 Å². The van der Waals surface area contributed by atoms with E-state index in [4.69, 9.17) is 0 Å². The van der Waals surface area contributed by atoms with Crippen LogP contribution in [0.1, 0.15) is 11.3 Å². The van der Waals surface area contributed by atoms with Crippen LogP contribution in [0.15, 0.2) is 18.3 Å². The molecule has 13 heavy (non-hydrogen) atoms. The fourth-order valence-electron chi connectivity index (χ4n) is 0.929. The summed E-state index contributed by atoms with van der Waals surface area (Å²) in [5.74, 6) is 0. The van der Waals surface area contributed by atoms with Gasteiger partial charge in [-0.2, -0.15) is 0 Å². The molecule has 0 atom stereocenters. The molecule has 0 aliphatic heterocycles. The third-order valence-corrected chi connectivity index (χ3v) is 1.60. The van der Waals surface area contributed by atoms with Gasteiger partial charge < -0.3 is 5.32 Å². The van der Waals surface area contributed by atoms with Crippen LogP contribution in [0.4, 0.5) is 8.78 Å². The van der Waals surface area contributed by atoms with Gasteiger partial charge in [-0.1, -0.05) is 6.07 Å². The van der Waals surface area contributed by atoms with E-state index < -0.39 is 6.43 Å². The van der Waals surface area contributed by atoms with E-state index in [1.54, 1.807) is 6.20 Å². The molecule has 0 unspecified atom stereocenters. The summed E-state index contributed by atoms with van der Waals surface area (Å²) in [6.45, 7) is 2.06. The fourth-order valence-corrected chi connectivity index (χ4v) is 0.929. The number of aromatic nitrogens is 1. The van der Waals surface area contributed by atoms with Crippen molar-refractivity contribution in [2.45, 2.75) is 19.9 Å². The average molecular weight is 186 g/mol. The van der Waals surface area contributed by atoms with Crippen LogP contribution in [-0.4, -0.2) is 18.0 Å². The van der Waals surface area contributed by atoms with Crippen LogP contribution in [0, 0.1) is 6.92 Å². The highest BCUT2D eigenvalue weighted by Crippen LogP contribution is 1.98. The maximum Gasteiger partial charge on any atom is 0.250 e. The molecule has 0 aliphatic rings. The molecule has 1 aromatic heterocycles. The first-order valence-electron chi connectivity index (χ1n) is 4.09. The summed E-state index contributed by atoms with van der Waals surface area (Å²) in [7, 11) is 0. The molecule has 1 N–H and O–H groups in total. The monoisotopic (exact) mass is 186 g/mol. The third kappa shape index (κ3) is 3.94. The van der Waals surface area contributed by atoms with Crippen LogP contribution in [0.2, 0.25) is 0 Å². The van der Waals surface area contributed by atoms with E-state index in [-0.39, 0.29) is 6.54 Å². The van der Waals surface area contributed by atoms with Gasteiger partial charge >= 0.3 is 0 Å². The van der Waals surface area contributed by atoms with Crippen molar-refractivity contribution in [3.8, 4) is 0 Å². The van der Waals surface area contributed by atoms with Gasteiger partial charge in [-0.15, -0.1) is 0 Å². The molecule has 1 aromatic rings. The molecule has 0 aliphatic carbocycles. The van der Waals surface area contributed by atoms with Gasteiger partial charge in [-0.25, -0.2) is 8.78 Å². The van der Waals surface area contributed by atoms with Crippen LogP contribution in [0.25, 0.3) is 0 Å². The van der Waals surface area contributed by atoms with E-state index in [1.165, 1.54) is 0 Å². The van der Waals surface area contributed by atoms with E-state index in [0.29, 0.717) is 6.54 Å². The van der Waals surface area contributed by atoms with E-state index in [1.807, 2.05) is 19.1 Å². The first-order valence-corrected chi connectivity index (χ1v) is 4.09. The van der Waals surface area contributed by atoms with Crippen molar-refractivity contribution < 1.29 is 8.78 Å². The minimum Gasteiger partial charge on any atom is -0.307 e. The van der Waals surface area contributed by atoms with Crippen molar-refractivity contribution in [3.05, 3.63) is 29.6 Å². The molecule has 0 amide bonds. The van der Waals surface area contributed by atoms with Crippen LogP contribution in [0.3, 0.4) is 0 Å². The maximum absolute atomic E-state index is 11.7. The molecule has 0 saturated heterocycles. The molecule has 0 fully saturated rings. The quantitative estimate of drug-likeness (QED) is 0.774. The van der Waals surface area contributed by atoms with Crippen molar-refractivity contribution in [2.75, 3.05) is 6.54 Å². The summed E-state index contributed by atoms with van der Waals surface area (Å²) >= 11 is 0. The number of aryl methyl sites for hydroxylation is 1. The number of halogens is 2. The Morgan fingerprint density at radius 1 is 1.46 bits per heavy atom. The molecular formula is C9H12F2N2. The zero-order valence-electron chi connectivity index (χ0n) is 7.43. The summed E-state index contributed by atoms with van der Waals surface area (Å²) in [6, 6.07) is 3.74. The second-order valence-corrected chi connectivity index (χ2v) is 2.83. The van der Waals surface area contributed by atoms with Crippen LogP contribution in [0.5, 0.6) is 0 Å². The summed E-state index contributed by atoms with van der Waals surface area (Å²) in [5.41, 5.74) is 1.85. The molecule has 0 radical (unpaired) electrons. The predicted molar refractivity (Wildman–Crippen MR) is 46.7 cm³/mol. The normalized spacial score (nSPS) is 10.8. The lowest BCUT2D eigenvalue weighted by atomic mass is 10.2. The second-order valence-electron chi connectivity index (χ2n) is 2.83. The van der Waals surface area contributed by atoms with Crippen molar-refractivity contribution in [3.63, 3.8) is 0 Å². The summed E-state index contributed by atoms with van der Waals surface area (Å²) in [6.07, 6.45) is -0.605. The van der Waals surface area contributed by atoms with Gasteiger partial charge in [0, 0.05) is 18.4 Å². The average Bonchev–Trinajstić information content (AvgIpc) is 2.08. The lowest BCUT2D eigenvalue weighted by molar-refractivity contribution is 0.145. The number of nitrogens with zero attached hydrogens (tertiary/aromatic N) is 1. The number of hydrogen-bond acceptors (Lipinski definition) is 2. The largest absolute Gasteiger partial charge is 0.307 e. The van der Waals surface area contributed by atoms with E-state index >= 15 is 0 Å². The second kappa shape index (κ2) is 4.87. The number of rotatable bonds is 4. The smallest absolute Gasteiger partial charge is 0.250 e. The van der Waals surface area contributed by atoms with E-state index in [9.17, 15) is 8.78 Å². The van der Waals surface area contributed by atoms with Crippen molar-refractivity contribution >= 4 is 0 Å². The molecule has 1 rings (SSSR count). The Kier molecular flexibility index (Phi) is 3.76. The van der Waals surface area contributed by atoms with Crippen molar-refractivity contribution in [2.24, 2.45) is 0 Å². The third-order valence-electron chi connectivity index (χ3n) is 1.60. The Bertz CT molecular complexity index is 246.